The van der Waals surface area contributed by atoms with Gasteiger partial charge in [0.05, 0.1) is 11.7 Å². The molecule has 0 aliphatic carbocycles. The molecular weight excluding hydrogens is 275 g/mol. The molecule has 2 aromatic carbocycles. The van der Waals surface area contributed by atoms with Gasteiger partial charge in [-0.25, -0.2) is 4.39 Å². The van der Waals surface area contributed by atoms with Crippen molar-refractivity contribution in [3.05, 3.63) is 54.5 Å². The third-order valence-electron chi connectivity index (χ3n) is 2.80. The summed E-state index contributed by atoms with van der Waals surface area (Å²) < 4.78 is 12.8. The van der Waals surface area contributed by atoms with Crippen molar-refractivity contribution in [2.75, 3.05) is 10.6 Å². The fraction of sp³-hybridized carbons (Fsp3) is 0. The van der Waals surface area contributed by atoms with Crippen molar-refractivity contribution < 1.29 is 4.39 Å². The Balaban J connectivity index is 1.70. The molecule has 0 aliphatic rings. The molecule has 0 bridgehead atoms. The maximum Gasteiger partial charge on any atom is 0.175 e. The molecule has 0 aliphatic heterocycles. The Morgan fingerprint density at radius 1 is 1.05 bits per heavy atom. The van der Waals surface area contributed by atoms with E-state index in [2.05, 4.69) is 20.8 Å². The summed E-state index contributed by atoms with van der Waals surface area (Å²) in [6.45, 7) is 0. The van der Waals surface area contributed by atoms with E-state index in [0.29, 0.717) is 5.11 Å². The molecule has 0 fully saturated rings. The van der Waals surface area contributed by atoms with Gasteiger partial charge in [-0.05, 0) is 54.7 Å². The zero-order valence-electron chi connectivity index (χ0n) is 10.4. The zero-order chi connectivity index (χ0) is 13.9. The van der Waals surface area contributed by atoms with Crippen LogP contribution in [0.2, 0.25) is 0 Å². The molecule has 0 amide bonds. The van der Waals surface area contributed by atoms with E-state index in [-0.39, 0.29) is 5.82 Å². The van der Waals surface area contributed by atoms with Crippen LogP contribution in [-0.2, 0) is 0 Å². The molecule has 3 rings (SSSR count). The van der Waals surface area contributed by atoms with Crippen LogP contribution in [0.4, 0.5) is 15.8 Å². The fourth-order valence-electron chi connectivity index (χ4n) is 1.85. The molecule has 6 heteroatoms. The van der Waals surface area contributed by atoms with Crippen LogP contribution in [0.1, 0.15) is 0 Å². The van der Waals surface area contributed by atoms with E-state index in [0.717, 1.165) is 22.3 Å². The number of H-pyrrole nitrogens is 1. The van der Waals surface area contributed by atoms with Crippen molar-refractivity contribution in [3.63, 3.8) is 0 Å². The molecule has 100 valence electrons. The van der Waals surface area contributed by atoms with Crippen molar-refractivity contribution in [2.45, 2.75) is 0 Å². The molecule has 4 nitrogen and oxygen atoms in total. The van der Waals surface area contributed by atoms with Gasteiger partial charge in [0.2, 0.25) is 0 Å². The SMILES string of the molecule is Fc1ccc(NC(=S)Nc2ccc3[nH]ncc3c2)cc1. The van der Waals surface area contributed by atoms with Gasteiger partial charge in [-0.3, -0.25) is 5.10 Å². The first kappa shape index (κ1) is 12.6. The van der Waals surface area contributed by atoms with Gasteiger partial charge in [0, 0.05) is 16.8 Å². The average molecular weight is 286 g/mol. The number of rotatable bonds is 2. The maximum absolute atomic E-state index is 12.8. The number of nitrogens with one attached hydrogen (secondary N) is 3. The van der Waals surface area contributed by atoms with Gasteiger partial charge in [-0.15, -0.1) is 0 Å². The summed E-state index contributed by atoms with van der Waals surface area (Å²) in [5.41, 5.74) is 2.56. The summed E-state index contributed by atoms with van der Waals surface area (Å²) in [5, 5.41) is 14.3. The Morgan fingerprint density at radius 3 is 2.55 bits per heavy atom. The van der Waals surface area contributed by atoms with Crippen LogP contribution in [0.25, 0.3) is 10.9 Å². The van der Waals surface area contributed by atoms with Gasteiger partial charge < -0.3 is 10.6 Å². The number of halogens is 1. The van der Waals surface area contributed by atoms with Crippen LogP contribution in [0.5, 0.6) is 0 Å². The van der Waals surface area contributed by atoms with Gasteiger partial charge >= 0.3 is 0 Å². The predicted molar refractivity (Wildman–Crippen MR) is 82.3 cm³/mol. The van der Waals surface area contributed by atoms with Crippen LogP contribution in [0, 0.1) is 5.82 Å². The number of hydrogen-bond donors (Lipinski definition) is 3. The Labute approximate surface area is 120 Å². The first-order valence-electron chi connectivity index (χ1n) is 5.97. The van der Waals surface area contributed by atoms with E-state index in [4.69, 9.17) is 12.2 Å². The highest BCUT2D eigenvalue weighted by Gasteiger charge is 2.01. The van der Waals surface area contributed by atoms with E-state index in [1.165, 1.54) is 12.1 Å². The molecule has 0 saturated heterocycles. The first-order chi connectivity index (χ1) is 9.70. The van der Waals surface area contributed by atoms with Crippen LogP contribution in [0.3, 0.4) is 0 Å². The molecule has 1 heterocycles. The molecule has 1 aromatic heterocycles. The third-order valence-corrected chi connectivity index (χ3v) is 3.00. The molecule has 0 atom stereocenters. The lowest BCUT2D eigenvalue weighted by Gasteiger charge is -2.10. The summed E-state index contributed by atoms with van der Waals surface area (Å²) in [6.07, 6.45) is 1.75. The Morgan fingerprint density at radius 2 is 1.75 bits per heavy atom. The molecule has 0 spiro atoms. The van der Waals surface area contributed by atoms with Gasteiger partial charge in [0.15, 0.2) is 5.11 Å². The van der Waals surface area contributed by atoms with Crippen molar-refractivity contribution in [2.24, 2.45) is 0 Å². The molecule has 0 saturated carbocycles. The second kappa shape index (κ2) is 5.26. The molecule has 0 radical (unpaired) electrons. The van der Waals surface area contributed by atoms with Crippen molar-refractivity contribution in [3.8, 4) is 0 Å². The van der Waals surface area contributed by atoms with Crippen LogP contribution in [0.15, 0.2) is 48.7 Å². The normalized spacial score (nSPS) is 10.4. The third kappa shape index (κ3) is 2.75. The summed E-state index contributed by atoms with van der Waals surface area (Å²) in [4.78, 5) is 0. The standard InChI is InChI=1S/C14H11FN4S/c15-10-1-3-11(4-2-10)17-14(20)18-12-5-6-13-9(7-12)8-16-19-13/h1-8H,(H,16,19)(H2,17,18,20). The average Bonchev–Trinajstić information content (AvgIpc) is 2.89. The molecule has 20 heavy (non-hydrogen) atoms. The minimum atomic E-state index is -0.278. The molecule has 0 unspecified atom stereocenters. The number of hydrogen-bond acceptors (Lipinski definition) is 2. The van der Waals surface area contributed by atoms with Gasteiger partial charge in [-0.1, -0.05) is 0 Å². The molecule has 3 N–H and O–H groups in total. The predicted octanol–water partition coefficient (Wildman–Crippen LogP) is 3.51. The summed E-state index contributed by atoms with van der Waals surface area (Å²) >= 11 is 5.21. The van der Waals surface area contributed by atoms with E-state index in [1.807, 2.05) is 18.2 Å². The van der Waals surface area contributed by atoms with E-state index < -0.39 is 0 Å². The largest absolute Gasteiger partial charge is 0.332 e. The van der Waals surface area contributed by atoms with Gasteiger partial charge in [0.1, 0.15) is 5.82 Å². The summed E-state index contributed by atoms with van der Waals surface area (Å²) in [6, 6.07) is 11.8. The number of thiocarbonyl (C=S) groups is 1. The van der Waals surface area contributed by atoms with Crippen molar-refractivity contribution in [1.29, 1.82) is 0 Å². The second-order valence-corrected chi connectivity index (χ2v) is 4.67. The number of nitrogens with zero attached hydrogens (tertiary/aromatic N) is 1. The second-order valence-electron chi connectivity index (χ2n) is 4.26. The molecular formula is C14H11FN4S. The maximum atomic E-state index is 12.8. The van der Waals surface area contributed by atoms with Gasteiger partial charge in [-0.2, -0.15) is 5.10 Å². The first-order valence-corrected chi connectivity index (χ1v) is 6.38. The van der Waals surface area contributed by atoms with E-state index in [1.54, 1.807) is 18.3 Å². The minimum Gasteiger partial charge on any atom is -0.332 e. The zero-order valence-corrected chi connectivity index (χ0v) is 11.2. The lowest BCUT2D eigenvalue weighted by molar-refractivity contribution is 0.628. The lowest BCUT2D eigenvalue weighted by Crippen LogP contribution is -2.18. The van der Waals surface area contributed by atoms with Crippen LogP contribution in [-0.4, -0.2) is 15.3 Å². The number of benzene rings is 2. The minimum absolute atomic E-state index is 0.278. The monoisotopic (exact) mass is 286 g/mol. The highest BCUT2D eigenvalue weighted by Crippen LogP contribution is 2.17. The Kier molecular flexibility index (Phi) is 3.30. The van der Waals surface area contributed by atoms with Crippen molar-refractivity contribution >= 4 is 39.6 Å². The quantitative estimate of drug-likeness (QED) is 0.631. The Bertz CT molecular complexity index is 751. The smallest absolute Gasteiger partial charge is 0.175 e. The van der Waals surface area contributed by atoms with Crippen LogP contribution < -0.4 is 10.6 Å². The number of fused-ring (bicyclic) bond motifs is 1. The highest BCUT2D eigenvalue weighted by molar-refractivity contribution is 7.80. The van der Waals surface area contributed by atoms with E-state index >= 15 is 0 Å². The Hall–Kier alpha value is -2.47. The number of aromatic amines is 1. The number of anilines is 2. The highest BCUT2D eigenvalue weighted by atomic mass is 32.1. The summed E-state index contributed by atoms with van der Waals surface area (Å²) in [7, 11) is 0. The van der Waals surface area contributed by atoms with E-state index in [9.17, 15) is 4.39 Å². The lowest BCUT2D eigenvalue weighted by atomic mass is 10.2. The number of aromatic nitrogens is 2. The molecule has 3 aromatic rings. The van der Waals surface area contributed by atoms with Gasteiger partial charge in [0.25, 0.3) is 0 Å². The van der Waals surface area contributed by atoms with Crippen molar-refractivity contribution in [1.82, 2.24) is 10.2 Å². The summed E-state index contributed by atoms with van der Waals surface area (Å²) in [5.74, 6) is -0.278. The fourth-order valence-corrected chi connectivity index (χ4v) is 2.08. The van der Waals surface area contributed by atoms with Crippen LogP contribution >= 0.6 is 12.2 Å². The topological polar surface area (TPSA) is 52.7 Å².